The maximum atomic E-state index is 12.8. The van der Waals surface area contributed by atoms with E-state index in [2.05, 4.69) is 10.6 Å². The van der Waals surface area contributed by atoms with Crippen LogP contribution in [0.5, 0.6) is 0 Å². The van der Waals surface area contributed by atoms with Crippen LogP contribution >= 0.6 is 0 Å². The number of amides is 2. The molecule has 4 nitrogen and oxygen atoms in total. The van der Waals surface area contributed by atoms with E-state index in [4.69, 9.17) is 5.73 Å². The highest BCUT2D eigenvalue weighted by Gasteiger charge is 2.01. The summed E-state index contributed by atoms with van der Waals surface area (Å²) < 4.78 is 12.8. The number of nitrogen functional groups attached to an aromatic ring is 1. The van der Waals surface area contributed by atoms with Crippen molar-refractivity contribution in [1.82, 2.24) is 5.32 Å². The summed E-state index contributed by atoms with van der Waals surface area (Å²) in [5.41, 5.74) is 5.67. The Labute approximate surface area is 74.9 Å². The van der Waals surface area contributed by atoms with Crippen LogP contribution in [0.25, 0.3) is 0 Å². The van der Waals surface area contributed by atoms with Gasteiger partial charge < -0.3 is 16.4 Å². The summed E-state index contributed by atoms with van der Waals surface area (Å²) in [5.74, 6) is -0.547. The van der Waals surface area contributed by atoms with E-state index in [0.717, 1.165) is 6.07 Å². The molecule has 13 heavy (non-hydrogen) atoms. The van der Waals surface area contributed by atoms with Crippen molar-refractivity contribution in [2.45, 2.75) is 0 Å². The number of carbonyl (C=O) groups excluding carboxylic acids is 1. The summed E-state index contributed by atoms with van der Waals surface area (Å²) in [4.78, 5) is 10.8. The lowest BCUT2D eigenvalue weighted by molar-refractivity contribution is 0.254. The van der Waals surface area contributed by atoms with Crippen molar-refractivity contribution in [3.05, 3.63) is 24.0 Å². The Morgan fingerprint density at radius 3 is 2.77 bits per heavy atom. The normalized spacial score (nSPS) is 9.38. The molecule has 5 heteroatoms. The van der Waals surface area contributed by atoms with Crippen molar-refractivity contribution >= 4 is 17.4 Å². The van der Waals surface area contributed by atoms with Crippen molar-refractivity contribution in [1.29, 1.82) is 0 Å². The summed E-state index contributed by atoms with van der Waals surface area (Å²) >= 11 is 0. The lowest BCUT2D eigenvalue weighted by atomic mass is 10.3. The zero-order valence-electron chi connectivity index (χ0n) is 7.10. The fourth-order valence-electron chi connectivity index (χ4n) is 0.798. The smallest absolute Gasteiger partial charge is 0.318 e. The molecule has 0 aromatic heterocycles. The number of benzene rings is 1. The highest BCUT2D eigenvalue weighted by Crippen LogP contribution is 2.15. The van der Waals surface area contributed by atoms with Crippen LogP contribution in [0.2, 0.25) is 0 Å². The SMILES string of the molecule is CNC(=O)Nc1ccc(N)c(F)c1. The molecule has 4 N–H and O–H groups in total. The first-order valence-corrected chi connectivity index (χ1v) is 3.67. The Kier molecular flexibility index (Phi) is 2.69. The van der Waals surface area contributed by atoms with Crippen LogP contribution in [0.3, 0.4) is 0 Å². The topological polar surface area (TPSA) is 67.2 Å². The van der Waals surface area contributed by atoms with Crippen molar-refractivity contribution in [2.24, 2.45) is 0 Å². The number of hydrogen-bond acceptors (Lipinski definition) is 2. The van der Waals surface area contributed by atoms with Gasteiger partial charge in [0, 0.05) is 12.7 Å². The van der Waals surface area contributed by atoms with E-state index in [1.807, 2.05) is 0 Å². The second-order valence-corrected chi connectivity index (χ2v) is 2.44. The molecule has 0 spiro atoms. The number of hydrogen-bond donors (Lipinski definition) is 3. The van der Waals surface area contributed by atoms with Crippen LogP contribution in [-0.2, 0) is 0 Å². The van der Waals surface area contributed by atoms with Gasteiger partial charge in [-0.3, -0.25) is 0 Å². The number of urea groups is 1. The van der Waals surface area contributed by atoms with Crippen LogP contribution in [0.1, 0.15) is 0 Å². The van der Waals surface area contributed by atoms with Crippen molar-refractivity contribution in [3.63, 3.8) is 0 Å². The first-order chi connectivity index (χ1) is 6.13. The summed E-state index contributed by atoms with van der Waals surface area (Å²) in [6.07, 6.45) is 0. The van der Waals surface area contributed by atoms with Gasteiger partial charge in [-0.2, -0.15) is 0 Å². The van der Waals surface area contributed by atoms with Gasteiger partial charge in [0.25, 0.3) is 0 Å². The quantitative estimate of drug-likeness (QED) is 0.572. The second kappa shape index (κ2) is 3.75. The predicted molar refractivity (Wildman–Crippen MR) is 48.9 cm³/mol. The summed E-state index contributed by atoms with van der Waals surface area (Å²) in [6.45, 7) is 0. The molecular formula is C8H10FN3O. The van der Waals surface area contributed by atoms with Crippen LogP contribution in [-0.4, -0.2) is 13.1 Å². The van der Waals surface area contributed by atoms with Crippen molar-refractivity contribution in [3.8, 4) is 0 Å². The average Bonchev–Trinajstić information content (AvgIpc) is 2.11. The fourth-order valence-corrected chi connectivity index (χ4v) is 0.798. The molecule has 1 aromatic carbocycles. The maximum Gasteiger partial charge on any atom is 0.318 e. The molecule has 0 bridgehead atoms. The minimum absolute atomic E-state index is 0.0578. The largest absolute Gasteiger partial charge is 0.396 e. The molecule has 0 atom stereocenters. The third kappa shape index (κ3) is 2.33. The minimum atomic E-state index is -0.547. The number of anilines is 2. The summed E-state index contributed by atoms with van der Waals surface area (Å²) in [5, 5.41) is 4.76. The van der Waals surface area contributed by atoms with Crippen molar-refractivity contribution < 1.29 is 9.18 Å². The number of halogens is 1. The van der Waals surface area contributed by atoms with Gasteiger partial charge in [0.15, 0.2) is 0 Å². The Morgan fingerprint density at radius 1 is 1.54 bits per heavy atom. The predicted octanol–water partition coefficient (Wildman–Crippen LogP) is 1.16. The van der Waals surface area contributed by atoms with Crippen LogP contribution in [0.4, 0.5) is 20.6 Å². The highest BCUT2D eigenvalue weighted by molar-refractivity contribution is 5.89. The van der Waals surface area contributed by atoms with E-state index in [0.29, 0.717) is 5.69 Å². The molecule has 0 heterocycles. The Hall–Kier alpha value is -1.78. The molecule has 0 aliphatic heterocycles. The van der Waals surface area contributed by atoms with Gasteiger partial charge in [0.1, 0.15) is 5.82 Å². The maximum absolute atomic E-state index is 12.8. The molecule has 1 rings (SSSR count). The van der Waals surface area contributed by atoms with E-state index < -0.39 is 11.8 Å². The second-order valence-electron chi connectivity index (χ2n) is 2.44. The highest BCUT2D eigenvalue weighted by atomic mass is 19.1. The zero-order valence-corrected chi connectivity index (χ0v) is 7.10. The lowest BCUT2D eigenvalue weighted by Gasteiger charge is -2.04. The molecule has 0 aliphatic carbocycles. The first-order valence-electron chi connectivity index (χ1n) is 3.67. The molecular weight excluding hydrogens is 173 g/mol. The lowest BCUT2D eigenvalue weighted by Crippen LogP contribution is -2.24. The van der Waals surface area contributed by atoms with Gasteiger partial charge in [-0.1, -0.05) is 0 Å². The summed E-state index contributed by atoms with van der Waals surface area (Å²) in [7, 11) is 1.48. The number of nitrogens with two attached hydrogens (primary N) is 1. The third-order valence-corrected chi connectivity index (χ3v) is 1.49. The molecule has 0 unspecified atom stereocenters. The molecule has 70 valence electrons. The van der Waals surface area contributed by atoms with Crippen LogP contribution in [0.15, 0.2) is 18.2 Å². The average molecular weight is 183 g/mol. The number of rotatable bonds is 1. The molecule has 1 aromatic rings. The van der Waals surface area contributed by atoms with Gasteiger partial charge in [-0.25, -0.2) is 9.18 Å². The third-order valence-electron chi connectivity index (χ3n) is 1.49. The Bertz CT molecular complexity index is 327. The van der Waals surface area contributed by atoms with E-state index in [1.54, 1.807) is 0 Å². The van der Waals surface area contributed by atoms with E-state index in [1.165, 1.54) is 19.2 Å². The molecule has 2 amide bonds. The van der Waals surface area contributed by atoms with Crippen LogP contribution < -0.4 is 16.4 Å². The monoisotopic (exact) mass is 183 g/mol. The molecule has 0 saturated carbocycles. The molecule has 0 saturated heterocycles. The van der Waals surface area contributed by atoms with Gasteiger partial charge >= 0.3 is 6.03 Å². The standard InChI is InChI=1S/C8H10FN3O/c1-11-8(13)12-5-2-3-7(10)6(9)4-5/h2-4H,10H2,1H3,(H2,11,12,13). The minimum Gasteiger partial charge on any atom is -0.396 e. The van der Waals surface area contributed by atoms with Gasteiger partial charge in [0.05, 0.1) is 5.69 Å². The molecule has 0 radical (unpaired) electrons. The zero-order chi connectivity index (χ0) is 9.84. The van der Waals surface area contributed by atoms with Crippen molar-refractivity contribution in [2.75, 3.05) is 18.1 Å². The first kappa shape index (κ1) is 9.31. The van der Waals surface area contributed by atoms with Crippen LogP contribution in [0, 0.1) is 5.82 Å². The van der Waals surface area contributed by atoms with E-state index in [-0.39, 0.29) is 5.69 Å². The number of carbonyl (C=O) groups is 1. The van der Waals surface area contributed by atoms with E-state index >= 15 is 0 Å². The van der Waals surface area contributed by atoms with E-state index in [9.17, 15) is 9.18 Å². The molecule has 0 aliphatic rings. The fraction of sp³-hybridized carbons (Fsp3) is 0.125. The van der Waals surface area contributed by atoms with Gasteiger partial charge in [0.2, 0.25) is 0 Å². The Balaban J connectivity index is 2.79. The summed E-state index contributed by atoms with van der Waals surface area (Å²) in [6, 6.07) is 3.67. The van der Waals surface area contributed by atoms with Gasteiger partial charge in [-0.05, 0) is 18.2 Å². The molecule has 0 fully saturated rings. The van der Waals surface area contributed by atoms with Gasteiger partial charge in [-0.15, -0.1) is 0 Å². The Morgan fingerprint density at radius 2 is 2.23 bits per heavy atom. The number of nitrogens with one attached hydrogen (secondary N) is 2.